The first-order chi connectivity index (χ1) is 12.5. The van der Waals surface area contributed by atoms with Crippen LogP contribution in [0.2, 0.25) is 0 Å². The molecule has 0 aliphatic carbocycles. The lowest BCUT2D eigenvalue weighted by Gasteiger charge is -2.09. The van der Waals surface area contributed by atoms with Gasteiger partial charge in [-0.05, 0) is 30.3 Å². The molecule has 3 aromatic rings. The standard InChI is InChI=1S/C18H13N3O5/c1-26-18(23)12-8-11(9-13(10-12)21(24)25)17(22)20-16-6-2-5-15-14(16)4-3-7-19-15/h2-10H,1H3,(H,20,22). The molecule has 0 radical (unpaired) electrons. The van der Waals surface area contributed by atoms with Crippen LogP contribution in [0.4, 0.5) is 11.4 Å². The SMILES string of the molecule is COC(=O)c1cc(C(=O)Nc2cccc3ncccc23)cc([N+](=O)[O-])c1. The van der Waals surface area contributed by atoms with E-state index in [0.29, 0.717) is 11.2 Å². The average molecular weight is 351 g/mol. The summed E-state index contributed by atoms with van der Waals surface area (Å²) < 4.78 is 4.58. The summed E-state index contributed by atoms with van der Waals surface area (Å²) in [5.41, 5.74) is 0.718. The molecule has 3 rings (SSSR count). The summed E-state index contributed by atoms with van der Waals surface area (Å²) in [5.74, 6) is -1.35. The molecule has 0 fully saturated rings. The molecule has 2 aromatic carbocycles. The molecular weight excluding hydrogens is 338 g/mol. The molecule has 1 amide bonds. The monoisotopic (exact) mass is 351 g/mol. The molecule has 26 heavy (non-hydrogen) atoms. The van der Waals surface area contributed by atoms with Crippen molar-refractivity contribution in [2.75, 3.05) is 12.4 Å². The van der Waals surface area contributed by atoms with Gasteiger partial charge in [0.25, 0.3) is 11.6 Å². The average Bonchev–Trinajstić information content (AvgIpc) is 2.67. The van der Waals surface area contributed by atoms with E-state index in [0.717, 1.165) is 24.6 Å². The number of nitro benzene ring substituents is 1. The molecule has 0 bridgehead atoms. The maximum Gasteiger partial charge on any atom is 0.338 e. The quantitative estimate of drug-likeness (QED) is 0.439. The number of methoxy groups -OCH3 is 1. The van der Waals surface area contributed by atoms with Gasteiger partial charge in [-0.3, -0.25) is 19.9 Å². The number of pyridine rings is 1. The number of nitro groups is 1. The number of ether oxygens (including phenoxy) is 1. The molecular formula is C18H13N3O5. The van der Waals surface area contributed by atoms with Gasteiger partial charge in [-0.25, -0.2) is 4.79 Å². The Morgan fingerprint density at radius 1 is 1.12 bits per heavy atom. The minimum atomic E-state index is -0.767. The largest absolute Gasteiger partial charge is 0.465 e. The number of esters is 1. The first-order valence-corrected chi connectivity index (χ1v) is 7.52. The molecule has 1 heterocycles. The number of rotatable bonds is 4. The van der Waals surface area contributed by atoms with Crippen LogP contribution in [0.1, 0.15) is 20.7 Å². The topological polar surface area (TPSA) is 111 Å². The number of nitrogens with zero attached hydrogens (tertiary/aromatic N) is 2. The highest BCUT2D eigenvalue weighted by atomic mass is 16.6. The van der Waals surface area contributed by atoms with Gasteiger partial charge in [-0.2, -0.15) is 0 Å². The number of amides is 1. The van der Waals surface area contributed by atoms with Crippen molar-refractivity contribution in [2.24, 2.45) is 0 Å². The number of benzene rings is 2. The zero-order valence-corrected chi connectivity index (χ0v) is 13.6. The Kier molecular flexibility index (Phi) is 4.57. The number of nitrogens with one attached hydrogen (secondary N) is 1. The fourth-order valence-electron chi connectivity index (χ4n) is 2.49. The molecule has 0 spiro atoms. The summed E-state index contributed by atoms with van der Waals surface area (Å²) in [6.45, 7) is 0. The Balaban J connectivity index is 2.00. The second-order valence-corrected chi connectivity index (χ2v) is 5.35. The third-order valence-corrected chi connectivity index (χ3v) is 3.71. The summed E-state index contributed by atoms with van der Waals surface area (Å²) in [5, 5.41) is 14.5. The summed E-state index contributed by atoms with van der Waals surface area (Å²) in [6, 6.07) is 12.2. The van der Waals surface area contributed by atoms with Crippen molar-refractivity contribution in [1.29, 1.82) is 0 Å². The van der Waals surface area contributed by atoms with Crippen molar-refractivity contribution in [3.05, 3.63) is 76.0 Å². The predicted octanol–water partition coefficient (Wildman–Crippen LogP) is 3.18. The van der Waals surface area contributed by atoms with E-state index in [4.69, 9.17) is 0 Å². The van der Waals surface area contributed by atoms with Crippen LogP contribution in [-0.4, -0.2) is 28.9 Å². The van der Waals surface area contributed by atoms with Gasteiger partial charge in [0.15, 0.2) is 0 Å². The van der Waals surface area contributed by atoms with Gasteiger partial charge < -0.3 is 10.1 Å². The van der Waals surface area contributed by atoms with Crippen LogP contribution in [0.15, 0.2) is 54.7 Å². The molecule has 0 saturated carbocycles. The van der Waals surface area contributed by atoms with Gasteiger partial charge in [-0.1, -0.05) is 6.07 Å². The lowest BCUT2D eigenvalue weighted by atomic mass is 10.1. The number of carbonyl (C=O) groups is 2. The molecule has 0 aliphatic heterocycles. The predicted molar refractivity (Wildman–Crippen MR) is 94.1 cm³/mol. The molecule has 1 N–H and O–H groups in total. The Morgan fingerprint density at radius 3 is 2.62 bits per heavy atom. The van der Waals surface area contributed by atoms with Crippen molar-refractivity contribution in [2.45, 2.75) is 0 Å². The first-order valence-electron chi connectivity index (χ1n) is 7.52. The van der Waals surface area contributed by atoms with Crippen LogP contribution in [0.5, 0.6) is 0 Å². The fraction of sp³-hybridized carbons (Fsp3) is 0.0556. The van der Waals surface area contributed by atoms with E-state index in [-0.39, 0.29) is 16.8 Å². The van der Waals surface area contributed by atoms with E-state index in [9.17, 15) is 19.7 Å². The molecule has 0 atom stereocenters. The number of fused-ring (bicyclic) bond motifs is 1. The number of aromatic nitrogens is 1. The van der Waals surface area contributed by atoms with Crippen molar-refractivity contribution in [3.63, 3.8) is 0 Å². The summed E-state index contributed by atoms with van der Waals surface area (Å²) in [7, 11) is 1.16. The summed E-state index contributed by atoms with van der Waals surface area (Å²) in [6.07, 6.45) is 1.64. The van der Waals surface area contributed by atoms with Gasteiger partial charge in [0.1, 0.15) is 0 Å². The van der Waals surface area contributed by atoms with Crippen molar-refractivity contribution in [1.82, 2.24) is 4.98 Å². The minimum Gasteiger partial charge on any atom is -0.465 e. The third-order valence-electron chi connectivity index (χ3n) is 3.71. The molecule has 0 saturated heterocycles. The van der Waals surface area contributed by atoms with Gasteiger partial charge >= 0.3 is 5.97 Å². The van der Waals surface area contributed by atoms with E-state index in [2.05, 4.69) is 15.0 Å². The number of carbonyl (C=O) groups excluding carboxylic acids is 2. The van der Waals surface area contributed by atoms with Crippen LogP contribution in [0.3, 0.4) is 0 Å². The first kappa shape index (κ1) is 17.0. The van der Waals surface area contributed by atoms with E-state index in [1.807, 2.05) is 0 Å². The molecule has 8 nitrogen and oxygen atoms in total. The highest BCUT2D eigenvalue weighted by molar-refractivity contribution is 6.09. The number of hydrogen-bond donors (Lipinski definition) is 1. The van der Waals surface area contributed by atoms with Crippen molar-refractivity contribution in [3.8, 4) is 0 Å². The van der Waals surface area contributed by atoms with Gasteiger partial charge in [0, 0.05) is 29.3 Å². The van der Waals surface area contributed by atoms with Crippen molar-refractivity contribution >= 4 is 34.2 Å². The Bertz CT molecular complexity index is 1030. The van der Waals surface area contributed by atoms with Crippen LogP contribution < -0.4 is 5.32 Å². The highest BCUT2D eigenvalue weighted by Crippen LogP contribution is 2.23. The zero-order chi connectivity index (χ0) is 18.7. The van der Waals surface area contributed by atoms with Crippen LogP contribution >= 0.6 is 0 Å². The number of hydrogen-bond acceptors (Lipinski definition) is 6. The van der Waals surface area contributed by atoms with Gasteiger partial charge in [0.2, 0.25) is 0 Å². The van der Waals surface area contributed by atoms with E-state index in [1.165, 1.54) is 6.07 Å². The van der Waals surface area contributed by atoms with Gasteiger partial charge in [0.05, 0.1) is 28.8 Å². The Labute approximate surface area is 147 Å². The Hall–Kier alpha value is -3.81. The third kappa shape index (κ3) is 3.34. The van der Waals surface area contributed by atoms with Crippen molar-refractivity contribution < 1.29 is 19.2 Å². The highest BCUT2D eigenvalue weighted by Gasteiger charge is 2.19. The zero-order valence-electron chi connectivity index (χ0n) is 13.6. The van der Waals surface area contributed by atoms with E-state index in [1.54, 1.807) is 36.5 Å². The molecule has 130 valence electrons. The minimum absolute atomic E-state index is 0.0273. The maximum absolute atomic E-state index is 12.6. The fourth-order valence-corrected chi connectivity index (χ4v) is 2.49. The lowest BCUT2D eigenvalue weighted by Crippen LogP contribution is -2.14. The number of anilines is 1. The second-order valence-electron chi connectivity index (χ2n) is 5.35. The summed E-state index contributed by atoms with van der Waals surface area (Å²) in [4.78, 5) is 38.9. The van der Waals surface area contributed by atoms with Crippen LogP contribution in [-0.2, 0) is 4.74 Å². The number of non-ortho nitro benzene ring substituents is 1. The second kappa shape index (κ2) is 6.98. The molecule has 1 aromatic heterocycles. The van der Waals surface area contributed by atoms with Crippen LogP contribution in [0, 0.1) is 10.1 Å². The smallest absolute Gasteiger partial charge is 0.338 e. The maximum atomic E-state index is 12.6. The summed E-state index contributed by atoms with van der Waals surface area (Å²) >= 11 is 0. The van der Waals surface area contributed by atoms with Crippen LogP contribution in [0.25, 0.3) is 10.9 Å². The van der Waals surface area contributed by atoms with E-state index >= 15 is 0 Å². The Morgan fingerprint density at radius 2 is 1.88 bits per heavy atom. The normalized spacial score (nSPS) is 10.3. The lowest BCUT2D eigenvalue weighted by molar-refractivity contribution is -0.384. The molecule has 0 unspecified atom stereocenters. The molecule has 0 aliphatic rings. The van der Waals surface area contributed by atoms with Gasteiger partial charge in [-0.15, -0.1) is 0 Å². The van der Waals surface area contributed by atoms with E-state index < -0.39 is 16.8 Å². The molecule has 8 heteroatoms.